The Kier molecular flexibility index (Phi) is 5.44. The fourth-order valence-electron chi connectivity index (χ4n) is 2.24. The third-order valence-corrected chi connectivity index (χ3v) is 3.08. The first-order valence-electron chi connectivity index (χ1n) is 6.08. The average Bonchev–Trinajstić information content (AvgIpc) is 2.18. The lowest BCUT2D eigenvalue weighted by molar-refractivity contribution is -0.137. The van der Waals surface area contributed by atoms with Crippen LogP contribution in [-0.2, 0) is 4.79 Å². The fraction of sp³-hybridized carbons (Fsp3) is 0.769. The Morgan fingerprint density at radius 3 is 2.93 bits per heavy atom. The summed E-state index contributed by atoms with van der Waals surface area (Å²) in [7, 11) is 0. The predicted molar refractivity (Wildman–Crippen MR) is 61.8 cm³/mol. The highest BCUT2D eigenvalue weighted by molar-refractivity contribution is 5.66. The van der Waals surface area contributed by atoms with E-state index in [-0.39, 0.29) is 0 Å². The number of hydrogen-bond donors (Lipinski definition) is 1. The first-order chi connectivity index (χ1) is 7.18. The van der Waals surface area contributed by atoms with Gasteiger partial charge in [-0.05, 0) is 50.9 Å². The molecule has 1 atom stereocenters. The van der Waals surface area contributed by atoms with Gasteiger partial charge < -0.3 is 5.11 Å². The molecule has 0 fully saturated rings. The molecule has 0 saturated heterocycles. The van der Waals surface area contributed by atoms with E-state index in [1.54, 1.807) is 5.57 Å². The minimum absolute atomic E-state index is 0.323. The highest BCUT2D eigenvalue weighted by atomic mass is 16.4. The fourth-order valence-corrected chi connectivity index (χ4v) is 2.24. The highest BCUT2D eigenvalue weighted by Crippen LogP contribution is 2.25. The molecule has 1 aliphatic rings. The van der Waals surface area contributed by atoms with Gasteiger partial charge in [0.1, 0.15) is 0 Å². The Morgan fingerprint density at radius 1 is 1.53 bits per heavy atom. The van der Waals surface area contributed by atoms with Gasteiger partial charge in [0, 0.05) is 6.42 Å². The zero-order valence-electron chi connectivity index (χ0n) is 9.67. The van der Waals surface area contributed by atoms with Crippen LogP contribution in [0.5, 0.6) is 0 Å². The summed E-state index contributed by atoms with van der Waals surface area (Å²) in [6.07, 6.45) is 11.0. The van der Waals surface area contributed by atoms with Crippen LogP contribution in [0.15, 0.2) is 11.6 Å². The van der Waals surface area contributed by atoms with Crippen LogP contribution in [0.25, 0.3) is 0 Å². The molecule has 86 valence electrons. The molecule has 0 amide bonds. The van der Waals surface area contributed by atoms with E-state index >= 15 is 0 Å². The summed E-state index contributed by atoms with van der Waals surface area (Å²) in [5.41, 5.74) is 1.60. The molecule has 1 N–H and O–H groups in total. The molecule has 0 aliphatic heterocycles. The van der Waals surface area contributed by atoms with Crippen molar-refractivity contribution in [1.82, 2.24) is 0 Å². The summed E-state index contributed by atoms with van der Waals surface area (Å²) in [4.78, 5) is 10.4. The molecule has 2 heteroatoms. The molecule has 0 aromatic carbocycles. The quantitative estimate of drug-likeness (QED) is 0.678. The average molecular weight is 210 g/mol. The molecule has 0 radical (unpaired) electrons. The maximum atomic E-state index is 10.4. The van der Waals surface area contributed by atoms with Crippen molar-refractivity contribution < 1.29 is 9.90 Å². The molecule has 0 heterocycles. The van der Waals surface area contributed by atoms with Crippen LogP contribution in [0.3, 0.4) is 0 Å². The van der Waals surface area contributed by atoms with Gasteiger partial charge in [-0.2, -0.15) is 0 Å². The number of rotatable bonds is 6. The minimum atomic E-state index is -0.668. The van der Waals surface area contributed by atoms with E-state index in [9.17, 15) is 4.79 Å². The smallest absolute Gasteiger partial charge is 0.303 e. The molecule has 0 aromatic heterocycles. The van der Waals surface area contributed by atoms with Gasteiger partial charge in [0.05, 0.1) is 0 Å². The highest BCUT2D eigenvalue weighted by Gasteiger charge is 2.09. The van der Waals surface area contributed by atoms with Crippen molar-refractivity contribution in [3.8, 4) is 0 Å². The summed E-state index contributed by atoms with van der Waals surface area (Å²) >= 11 is 0. The maximum absolute atomic E-state index is 10.4. The van der Waals surface area contributed by atoms with Crippen molar-refractivity contribution in [2.45, 2.75) is 58.3 Å². The zero-order chi connectivity index (χ0) is 11.1. The van der Waals surface area contributed by atoms with Crippen LogP contribution in [-0.4, -0.2) is 11.1 Å². The molecular weight excluding hydrogens is 188 g/mol. The standard InChI is InChI=1S/C13H22O2/c1-11(6-5-9-13(14)15)10-12-7-3-2-4-8-12/h7,11H,2-6,8-10H2,1H3,(H,14,15). The van der Waals surface area contributed by atoms with Crippen molar-refractivity contribution in [1.29, 1.82) is 0 Å². The second kappa shape index (κ2) is 6.65. The number of aliphatic carboxylic acids is 1. The van der Waals surface area contributed by atoms with Crippen LogP contribution in [0, 0.1) is 5.92 Å². The van der Waals surface area contributed by atoms with Crippen LogP contribution in [0.1, 0.15) is 58.3 Å². The van der Waals surface area contributed by atoms with Crippen molar-refractivity contribution in [2.24, 2.45) is 5.92 Å². The molecule has 0 aromatic rings. The molecular formula is C13H22O2. The van der Waals surface area contributed by atoms with Crippen LogP contribution < -0.4 is 0 Å². The summed E-state index contributed by atoms with van der Waals surface area (Å²) in [6, 6.07) is 0. The minimum Gasteiger partial charge on any atom is -0.481 e. The molecule has 0 spiro atoms. The second-order valence-electron chi connectivity index (χ2n) is 4.70. The third-order valence-electron chi connectivity index (χ3n) is 3.08. The third kappa shape index (κ3) is 5.60. The molecule has 15 heavy (non-hydrogen) atoms. The van der Waals surface area contributed by atoms with Crippen molar-refractivity contribution in [3.63, 3.8) is 0 Å². The summed E-state index contributed by atoms with van der Waals surface area (Å²) < 4.78 is 0. The van der Waals surface area contributed by atoms with Gasteiger partial charge in [-0.1, -0.05) is 18.6 Å². The number of carbonyl (C=O) groups is 1. The van der Waals surface area contributed by atoms with Gasteiger partial charge in [0.2, 0.25) is 0 Å². The lowest BCUT2D eigenvalue weighted by Gasteiger charge is -2.16. The van der Waals surface area contributed by atoms with Gasteiger partial charge in [0.15, 0.2) is 0 Å². The van der Waals surface area contributed by atoms with Crippen LogP contribution in [0.4, 0.5) is 0 Å². The largest absolute Gasteiger partial charge is 0.481 e. The summed E-state index contributed by atoms with van der Waals surface area (Å²) in [6.45, 7) is 2.23. The van der Waals surface area contributed by atoms with E-state index in [1.165, 1.54) is 32.1 Å². The molecule has 1 rings (SSSR count). The van der Waals surface area contributed by atoms with E-state index in [2.05, 4.69) is 13.0 Å². The van der Waals surface area contributed by atoms with Gasteiger partial charge in [0.25, 0.3) is 0 Å². The number of carboxylic acid groups (broad SMARTS) is 1. The van der Waals surface area contributed by atoms with Gasteiger partial charge >= 0.3 is 5.97 Å². The number of hydrogen-bond acceptors (Lipinski definition) is 1. The Hall–Kier alpha value is -0.790. The normalized spacial score (nSPS) is 18.3. The monoisotopic (exact) mass is 210 g/mol. The molecule has 0 saturated carbocycles. The van der Waals surface area contributed by atoms with Gasteiger partial charge in [-0.25, -0.2) is 0 Å². The van der Waals surface area contributed by atoms with Crippen LogP contribution >= 0.6 is 0 Å². The number of carboxylic acids is 1. The molecule has 0 bridgehead atoms. The SMILES string of the molecule is CC(CCCC(=O)O)CC1=CCCCC1. The molecule has 1 aliphatic carbocycles. The van der Waals surface area contributed by atoms with Crippen LogP contribution in [0.2, 0.25) is 0 Å². The predicted octanol–water partition coefficient (Wildman–Crippen LogP) is 3.77. The topological polar surface area (TPSA) is 37.3 Å². The first kappa shape index (κ1) is 12.3. The maximum Gasteiger partial charge on any atom is 0.303 e. The lowest BCUT2D eigenvalue weighted by atomic mass is 9.90. The summed E-state index contributed by atoms with van der Waals surface area (Å²) in [5.74, 6) is -0.0206. The second-order valence-corrected chi connectivity index (χ2v) is 4.70. The Bertz CT molecular complexity index is 231. The molecule has 2 nitrogen and oxygen atoms in total. The summed E-state index contributed by atoms with van der Waals surface area (Å²) in [5, 5.41) is 8.54. The van der Waals surface area contributed by atoms with Gasteiger partial charge in [-0.3, -0.25) is 4.79 Å². The number of allylic oxidation sites excluding steroid dienone is 2. The first-order valence-corrected chi connectivity index (χ1v) is 6.08. The lowest BCUT2D eigenvalue weighted by Crippen LogP contribution is -2.02. The van der Waals surface area contributed by atoms with Gasteiger partial charge in [-0.15, -0.1) is 0 Å². The Morgan fingerprint density at radius 2 is 2.33 bits per heavy atom. The Balaban J connectivity index is 2.14. The van der Waals surface area contributed by atoms with E-state index in [4.69, 9.17) is 5.11 Å². The van der Waals surface area contributed by atoms with Crippen molar-refractivity contribution in [2.75, 3.05) is 0 Å². The van der Waals surface area contributed by atoms with E-state index in [0.717, 1.165) is 12.8 Å². The van der Waals surface area contributed by atoms with E-state index in [1.807, 2.05) is 0 Å². The van der Waals surface area contributed by atoms with Crippen molar-refractivity contribution >= 4 is 5.97 Å². The Labute approximate surface area is 92.4 Å². The zero-order valence-corrected chi connectivity index (χ0v) is 9.67. The van der Waals surface area contributed by atoms with E-state index < -0.39 is 5.97 Å². The van der Waals surface area contributed by atoms with Crippen molar-refractivity contribution in [3.05, 3.63) is 11.6 Å². The van der Waals surface area contributed by atoms with E-state index in [0.29, 0.717) is 12.3 Å². The molecule has 1 unspecified atom stereocenters.